The number of morpholine rings is 1. The van der Waals surface area contributed by atoms with E-state index in [9.17, 15) is 14.7 Å². The average Bonchev–Trinajstić information content (AvgIpc) is 3.42. The summed E-state index contributed by atoms with van der Waals surface area (Å²) in [5.41, 5.74) is 4.68. The summed E-state index contributed by atoms with van der Waals surface area (Å²) in [4.78, 5) is 32.5. The summed E-state index contributed by atoms with van der Waals surface area (Å²) in [6, 6.07) is 5.40. The normalized spacial score (nSPS) is 22.4. The van der Waals surface area contributed by atoms with Crippen molar-refractivity contribution in [2.45, 2.75) is 58.8 Å². The third kappa shape index (κ3) is 4.74. The summed E-state index contributed by atoms with van der Waals surface area (Å²) < 4.78 is 7.56. The number of amides is 2. The van der Waals surface area contributed by atoms with E-state index in [1.165, 1.54) is 0 Å². The molecule has 3 aliphatic rings. The summed E-state index contributed by atoms with van der Waals surface area (Å²) in [6.07, 6.45) is 2.69. The molecule has 3 heterocycles. The monoisotopic (exact) mass is 481 g/mol. The van der Waals surface area contributed by atoms with Crippen molar-refractivity contribution >= 4 is 17.5 Å². The molecule has 0 spiro atoms. The number of hydrogen-bond acceptors (Lipinski definition) is 6. The smallest absolute Gasteiger partial charge is 0.274 e. The highest BCUT2D eigenvalue weighted by Gasteiger charge is 2.33. The Morgan fingerprint density at radius 2 is 1.77 bits per heavy atom. The van der Waals surface area contributed by atoms with Crippen molar-refractivity contribution < 1.29 is 19.4 Å². The maximum atomic E-state index is 13.3. The number of ether oxygens (including phenoxy) is 1. The van der Waals surface area contributed by atoms with Crippen LogP contribution in [0.1, 0.15) is 47.6 Å². The molecule has 0 unspecified atom stereocenters. The van der Waals surface area contributed by atoms with Gasteiger partial charge in [-0.15, -0.1) is 0 Å². The molecule has 2 fully saturated rings. The van der Waals surface area contributed by atoms with Gasteiger partial charge in [0.15, 0.2) is 5.69 Å². The lowest BCUT2D eigenvalue weighted by atomic mass is 10.1. The molecule has 2 atom stereocenters. The zero-order valence-electron chi connectivity index (χ0n) is 20.9. The van der Waals surface area contributed by atoms with E-state index < -0.39 is 0 Å². The molecular weight excluding hydrogens is 446 g/mol. The molecule has 188 valence electrons. The Bertz CT molecular complexity index is 1110. The van der Waals surface area contributed by atoms with Gasteiger partial charge in [-0.3, -0.25) is 14.3 Å². The summed E-state index contributed by atoms with van der Waals surface area (Å²) >= 11 is 0. The lowest BCUT2D eigenvalue weighted by Crippen LogP contribution is -2.50. The molecule has 5 rings (SSSR count). The minimum absolute atomic E-state index is 0.00319. The van der Waals surface area contributed by atoms with Crippen molar-refractivity contribution in [1.29, 1.82) is 0 Å². The van der Waals surface area contributed by atoms with Gasteiger partial charge in [-0.05, 0) is 63.8 Å². The first-order chi connectivity index (χ1) is 16.8. The number of fused-ring (bicyclic) bond motifs is 1. The van der Waals surface area contributed by atoms with Crippen LogP contribution >= 0.6 is 0 Å². The summed E-state index contributed by atoms with van der Waals surface area (Å²) in [5, 5.41) is 14.4. The molecule has 0 radical (unpaired) electrons. The van der Waals surface area contributed by atoms with E-state index in [0.717, 1.165) is 54.9 Å². The van der Waals surface area contributed by atoms with Gasteiger partial charge in [-0.1, -0.05) is 0 Å². The Hall–Kier alpha value is -3.07. The van der Waals surface area contributed by atoms with Crippen molar-refractivity contribution in [3.05, 3.63) is 40.7 Å². The van der Waals surface area contributed by atoms with E-state index in [1.807, 2.05) is 36.6 Å². The molecule has 35 heavy (non-hydrogen) atoms. The molecule has 0 bridgehead atoms. The summed E-state index contributed by atoms with van der Waals surface area (Å²) in [6.45, 7) is 10.0. The van der Waals surface area contributed by atoms with Crippen molar-refractivity contribution in [2.75, 3.05) is 44.2 Å². The minimum atomic E-state index is -0.0470. The van der Waals surface area contributed by atoms with Crippen molar-refractivity contribution in [3.8, 4) is 5.75 Å². The Morgan fingerprint density at radius 1 is 1.06 bits per heavy atom. The van der Waals surface area contributed by atoms with Crippen LogP contribution in [0.5, 0.6) is 5.75 Å². The van der Waals surface area contributed by atoms with Gasteiger partial charge >= 0.3 is 0 Å². The number of phenols is 1. The Labute approximate surface area is 206 Å². The second-order valence-electron chi connectivity index (χ2n) is 10.1. The second-order valence-corrected chi connectivity index (χ2v) is 10.1. The molecule has 2 saturated heterocycles. The highest BCUT2D eigenvalue weighted by Crippen LogP contribution is 2.28. The van der Waals surface area contributed by atoms with Gasteiger partial charge in [-0.2, -0.15) is 5.10 Å². The van der Waals surface area contributed by atoms with Crippen LogP contribution in [0.25, 0.3) is 0 Å². The van der Waals surface area contributed by atoms with Crippen LogP contribution in [0.15, 0.2) is 18.2 Å². The molecule has 2 amide bonds. The number of rotatable bonds is 4. The van der Waals surface area contributed by atoms with Crippen LogP contribution in [0, 0.1) is 6.92 Å². The fraction of sp³-hybridized carbons (Fsp3) is 0.577. The number of piperazine rings is 1. The van der Waals surface area contributed by atoms with E-state index in [1.54, 1.807) is 16.8 Å². The number of carbonyl (C=O) groups is 2. The van der Waals surface area contributed by atoms with E-state index in [0.29, 0.717) is 31.9 Å². The first kappa shape index (κ1) is 23.7. The van der Waals surface area contributed by atoms with Crippen LogP contribution in [-0.2, 0) is 28.9 Å². The fourth-order valence-electron chi connectivity index (χ4n) is 5.72. The Kier molecular flexibility index (Phi) is 6.44. The standard InChI is InChI=1S/C26H35N5O4/c1-17-13-20(32)7-8-22(17)28-9-11-29(12-10-28)24(33)16-31-23-6-4-5-21(23)25(27-31)26(34)30-14-18(2)35-19(3)15-30/h7-8,13,18-19,32H,4-6,9-12,14-16H2,1-3H3/t18-,19+. The van der Waals surface area contributed by atoms with E-state index in [2.05, 4.69) is 10.00 Å². The topological polar surface area (TPSA) is 91.1 Å². The highest BCUT2D eigenvalue weighted by molar-refractivity contribution is 5.94. The summed E-state index contributed by atoms with van der Waals surface area (Å²) in [5.74, 6) is 0.258. The third-order valence-corrected chi connectivity index (χ3v) is 7.35. The number of carbonyl (C=O) groups excluding carboxylic acids is 2. The summed E-state index contributed by atoms with van der Waals surface area (Å²) in [7, 11) is 0. The predicted octanol–water partition coefficient (Wildman–Crippen LogP) is 1.98. The number of benzene rings is 1. The maximum absolute atomic E-state index is 13.3. The second kappa shape index (κ2) is 9.53. The largest absolute Gasteiger partial charge is 0.508 e. The van der Waals surface area contributed by atoms with E-state index in [-0.39, 0.29) is 36.3 Å². The quantitative estimate of drug-likeness (QED) is 0.718. The molecule has 1 aromatic heterocycles. The number of hydrogen-bond donors (Lipinski definition) is 1. The zero-order chi connectivity index (χ0) is 24.7. The Balaban J connectivity index is 1.25. The number of aromatic nitrogens is 2. The molecule has 1 N–H and O–H groups in total. The van der Waals surface area contributed by atoms with Crippen molar-refractivity contribution in [3.63, 3.8) is 0 Å². The van der Waals surface area contributed by atoms with Gasteiger partial charge in [-0.25, -0.2) is 0 Å². The molecule has 9 heteroatoms. The van der Waals surface area contributed by atoms with Crippen LogP contribution in [-0.4, -0.2) is 88.0 Å². The maximum Gasteiger partial charge on any atom is 0.274 e. The van der Waals surface area contributed by atoms with Gasteiger partial charge in [0.1, 0.15) is 12.3 Å². The fourth-order valence-corrected chi connectivity index (χ4v) is 5.72. The highest BCUT2D eigenvalue weighted by atomic mass is 16.5. The molecule has 9 nitrogen and oxygen atoms in total. The predicted molar refractivity (Wildman–Crippen MR) is 132 cm³/mol. The van der Waals surface area contributed by atoms with Gasteiger partial charge < -0.3 is 24.5 Å². The number of aromatic hydroxyl groups is 1. The van der Waals surface area contributed by atoms with Crippen LogP contribution in [0.3, 0.4) is 0 Å². The molecule has 0 saturated carbocycles. The van der Waals surface area contributed by atoms with Crippen LogP contribution in [0.4, 0.5) is 5.69 Å². The lowest BCUT2D eigenvalue weighted by molar-refractivity contribution is -0.132. The third-order valence-electron chi connectivity index (χ3n) is 7.35. The van der Waals surface area contributed by atoms with E-state index in [4.69, 9.17) is 4.74 Å². The number of nitrogens with zero attached hydrogens (tertiary/aromatic N) is 5. The first-order valence-corrected chi connectivity index (χ1v) is 12.7. The van der Waals surface area contributed by atoms with Gasteiger partial charge in [0.25, 0.3) is 5.91 Å². The van der Waals surface area contributed by atoms with Gasteiger partial charge in [0, 0.05) is 56.2 Å². The molecule has 1 aliphatic carbocycles. The lowest BCUT2D eigenvalue weighted by Gasteiger charge is -2.37. The SMILES string of the molecule is Cc1cc(O)ccc1N1CCN(C(=O)Cn2nc(C(=O)N3C[C@@H](C)O[C@@H](C)C3)c3c2CCC3)CC1. The average molecular weight is 482 g/mol. The number of phenolic OH excluding ortho intramolecular Hbond substituents is 1. The van der Waals surface area contributed by atoms with Gasteiger partial charge in [0.2, 0.25) is 5.91 Å². The molecular formula is C26H35N5O4. The van der Waals surface area contributed by atoms with Gasteiger partial charge in [0.05, 0.1) is 12.2 Å². The van der Waals surface area contributed by atoms with Crippen LogP contribution < -0.4 is 4.90 Å². The first-order valence-electron chi connectivity index (χ1n) is 12.7. The molecule has 2 aromatic rings. The minimum Gasteiger partial charge on any atom is -0.508 e. The Morgan fingerprint density at radius 3 is 2.46 bits per heavy atom. The van der Waals surface area contributed by atoms with E-state index >= 15 is 0 Å². The molecule has 2 aliphatic heterocycles. The van der Waals surface area contributed by atoms with Crippen molar-refractivity contribution in [1.82, 2.24) is 19.6 Å². The zero-order valence-corrected chi connectivity index (χ0v) is 20.9. The van der Waals surface area contributed by atoms with Crippen molar-refractivity contribution in [2.24, 2.45) is 0 Å². The number of anilines is 1. The van der Waals surface area contributed by atoms with Crippen LogP contribution in [0.2, 0.25) is 0 Å². The molecule has 1 aromatic carbocycles. The number of aryl methyl sites for hydroxylation is 1.